The SMILES string of the molecule is CCNC(=NCc1cccc(CN2CCOCC2)c1)NCCCN1CCCCCC1=O. The molecule has 31 heavy (non-hydrogen) atoms. The van der Waals surface area contributed by atoms with Crippen LogP contribution in [-0.2, 0) is 22.6 Å². The van der Waals surface area contributed by atoms with E-state index < -0.39 is 0 Å². The third kappa shape index (κ3) is 8.50. The van der Waals surface area contributed by atoms with Gasteiger partial charge in [-0.1, -0.05) is 30.7 Å². The second kappa shape index (κ2) is 13.3. The molecule has 7 heteroatoms. The number of ether oxygens (including phenoxy) is 1. The molecule has 7 nitrogen and oxygen atoms in total. The number of hydrogen-bond acceptors (Lipinski definition) is 4. The van der Waals surface area contributed by atoms with Gasteiger partial charge in [0.15, 0.2) is 5.96 Å². The van der Waals surface area contributed by atoms with Crippen molar-refractivity contribution in [2.45, 2.75) is 52.1 Å². The van der Waals surface area contributed by atoms with Crippen LogP contribution in [0.15, 0.2) is 29.3 Å². The van der Waals surface area contributed by atoms with Gasteiger partial charge in [0.05, 0.1) is 19.8 Å². The lowest BCUT2D eigenvalue weighted by atomic mass is 10.1. The molecule has 172 valence electrons. The molecule has 1 aromatic carbocycles. The molecule has 1 amide bonds. The van der Waals surface area contributed by atoms with Crippen molar-refractivity contribution in [2.24, 2.45) is 4.99 Å². The number of likely N-dealkylation sites (tertiary alicyclic amines) is 1. The monoisotopic (exact) mass is 429 g/mol. The van der Waals surface area contributed by atoms with Gasteiger partial charge in [-0.05, 0) is 37.3 Å². The van der Waals surface area contributed by atoms with Crippen molar-refractivity contribution >= 4 is 11.9 Å². The topological polar surface area (TPSA) is 69.2 Å². The molecule has 1 aromatic rings. The van der Waals surface area contributed by atoms with E-state index in [1.807, 2.05) is 4.90 Å². The van der Waals surface area contributed by atoms with Gasteiger partial charge in [-0.2, -0.15) is 0 Å². The van der Waals surface area contributed by atoms with E-state index in [0.717, 1.165) is 84.2 Å². The van der Waals surface area contributed by atoms with Gasteiger partial charge in [0, 0.05) is 52.2 Å². The van der Waals surface area contributed by atoms with Crippen molar-refractivity contribution in [3.05, 3.63) is 35.4 Å². The van der Waals surface area contributed by atoms with Gasteiger partial charge < -0.3 is 20.3 Å². The van der Waals surface area contributed by atoms with E-state index in [-0.39, 0.29) is 0 Å². The number of hydrogen-bond donors (Lipinski definition) is 2. The molecule has 0 bridgehead atoms. The number of nitrogens with zero attached hydrogens (tertiary/aromatic N) is 3. The van der Waals surface area contributed by atoms with Crippen LogP contribution in [-0.4, -0.2) is 74.1 Å². The van der Waals surface area contributed by atoms with Gasteiger partial charge in [-0.15, -0.1) is 0 Å². The van der Waals surface area contributed by atoms with Crippen LogP contribution >= 0.6 is 0 Å². The zero-order valence-electron chi connectivity index (χ0n) is 19.1. The maximum Gasteiger partial charge on any atom is 0.222 e. The van der Waals surface area contributed by atoms with Crippen LogP contribution in [0.5, 0.6) is 0 Å². The lowest BCUT2D eigenvalue weighted by molar-refractivity contribution is -0.130. The van der Waals surface area contributed by atoms with Crippen molar-refractivity contribution in [1.29, 1.82) is 0 Å². The molecule has 0 spiro atoms. The van der Waals surface area contributed by atoms with Crippen LogP contribution in [0.2, 0.25) is 0 Å². The Bertz CT molecular complexity index is 703. The van der Waals surface area contributed by atoms with E-state index in [1.54, 1.807) is 0 Å². The molecule has 2 N–H and O–H groups in total. The molecule has 0 saturated carbocycles. The summed E-state index contributed by atoms with van der Waals surface area (Å²) < 4.78 is 5.44. The summed E-state index contributed by atoms with van der Waals surface area (Å²) >= 11 is 0. The third-order valence-electron chi connectivity index (χ3n) is 5.83. The number of carbonyl (C=O) groups is 1. The Hall–Kier alpha value is -2.12. The van der Waals surface area contributed by atoms with Crippen LogP contribution in [0.3, 0.4) is 0 Å². The summed E-state index contributed by atoms with van der Waals surface area (Å²) in [6.07, 6.45) is 4.99. The highest BCUT2D eigenvalue weighted by molar-refractivity contribution is 5.79. The standard InChI is InChI=1S/C24H39N5O2/c1-2-25-24(26-11-7-13-29-12-5-3-4-10-23(29)30)27-19-21-8-6-9-22(18-21)20-28-14-16-31-17-15-28/h6,8-9,18H,2-5,7,10-17,19-20H2,1H3,(H2,25,26,27). The molecule has 2 saturated heterocycles. The number of morpholine rings is 1. The van der Waals surface area contributed by atoms with E-state index in [2.05, 4.69) is 46.7 Å². The largest absolute Gasteiger partial charge is 0.379 e. The summed E-state index contributed by atoms with van der Waals surface area (Å²) in [6, 6.07) is 8.71. The highest BCUT2D eigenvalue weighted by atomic mass is 16.5. The maximum absolute atomic E-state index is 12.1. The molecule has 0 atom stereocenters. The molecule has 2 aliphatic rings. The quantitative estimate of drug-likeness (QED) is 0.358. The number of aliphatic imine (C=N–C) groups is 1. The van der Waals surface area contributed by atoms with Gasteiger partial charge in [-0.3, -0.25) is 9.69 Å². The fraction of sp³-hybridized carbons (Fsp3) is 0.667. The molecular weight excluding hydrogens is 390 g/mol. The molecule has 0 aliphatic carbocycles. The smallest absolute Gasteiger partial charge is 0.222 e. The van der Waals surface area contributed by atoms with E-state index >= 15 is 0 Å². The van der Waals surface area contributed by atoms with Crippen LogP contribution in [0.25, 0.3) is 0 Å². The van der Waals surface area contributed by atoms with E-state index in [9.17, 15) is 4.79 Å². The summed E-state index contributed by atoms with van der Waals surface area (Å²) in [5, 5.41) is 6.75. The third-order valence-corrected chi connectivity index (χ3v) is 5.83. The zero-order valence-corrected chi connectivity index (χ0v) is 19.1. The Morgan fingerprint density at radius 1 is 1.10 bits per heavy atom. The Morgan fingerprint density at radius 2 is 1.94 bits per heavy atom. The number of benzene rings is 1. The summed E-state index contributed by atoms with van der Waals surface area (Å²) in [5.74, 6) is 1.15. The predicted octanol–water partition coefficient (Wildman–Crippen LogP) is 2.37. The van der Waals surface area contributed by atoms with Gasteiger partial charge >= 0.3 is 0 Å². The van der Waals surface area contributed by atoms with Gasteiger partial charge in [-0.25, -0.2) is 4.99 Å². The molecule has 2 fully saturated rings. The molecule has 2 heterocycles. The number of carbonyl (C=O) groups excluding carboxylic acids is 1. The van der Waals surface area contributed by atoms with Gasteiger partial charge in [0.25, 0.3) is 0 Å². The average molecular weight is 430 g/mol. The first kappa shape index (κ1) is 23.5. The first-order valence-electron chi connectivity index (χ1n) is 11.9. The van der Waals surface area contributed by atoms with Crippen molar-refractivity contribution in [3.8, 4) is 0 Å². The molecule has 0 unspecified atom stereocenters. The minimum Gasteiger partial charge on any atom is -0.379 e. The van der Waals surface area contributed by atoms with Crippen LogP contribution < -0.4 is 10.6 Å². The summed E-state index contributed by atoms with van der Waals surface area (Å²) in [5.41, 5.74) is 2.55. The Balaban J connectivity index is 1.45. The lowest BCUT2D eigenvalue weighted by Gasteiger charge is -2.26. The highest BCUT2D eigenvalue weighted by Gasteiger charge is 2.15. The molecule has 0 radical (unpaired) electrons. The summed E-state index contributed by atoms with van der Waals surface area (Å²) in [4.78, 5) is 21.3. The molecule has 2 aliphatic heterocycles. The second-order valence-corrected chi connectivity index (χ2v) is 8.38. The fourth-order valence-corrected chi connectivity index (χ4v) is 4.11. The minimum absolute atomic E-state index is 0.315. The van der Waals surface area contributed by atoms with E-state index in [4.69, 9.17) is 9.73 Å². The average Bonchev–Trinajstić information content (AvgIpc) is 3.00. The number of nitrogens with one attached hydrogen (secondary N) is 2. The zero-order chi connectivity index (χ0) is 21.7. The van der Waals surface area contributed by atoms with Crippen molar-refractivity contribution in [1.82, 2.24) is 20.4 Å². The highest BCUT2D eigenvalue weighted by Crippen LogP contribution is 2.12. The van der Waals surface area contributed by atoms with Gasteiger partial charge in [0.1, 0.15) is 0 Å². The number of amides is 1. The normalized spacial score (nSPS) is 18.7. The number of guanidine groups is 1. The first-order chi connectivity index (χ1) is 15.2. The summed E-state index contributed by atoms with van der Waals surface area (Å²) in [6.45, 7) is 10.7. The van der Waals surface area contributed by atoms with Gasteiger partial charge in [0.2, 0.25) is 5.91 Å². The lowest BCUT2D eigenvalue weighted by Crippen LogP contribution is -2.39. The fourth-order valence-electron chi connectivity index (χ4n) is 4.11. The summed E-state index contributed by atoms with van der Waals surface area (Å²) in [7, 11) is 0. The molecule has 3 rings (SSSR count). The number of rotatable bonds is 9. The molecular formula is C24H39N5O2. The Kier molecular flexibility index (Phi) is 10.1. The van der Waals surface area contributed by atoms with E-state index in [0.29, 0.717) is 18.9 Å². The van der Waals surface area contributed by atoms with Crippen molar-refractivity contribution in [2.75, 3.05) is 52.5 Å². The predicted molar refractivity (Wildman–Crippen MR) is 125 cm³/mol. The maximum atomic E-state index is 12.1. The molecule has 0 aromatic heterocycles. The van der Waals surface area contributed by atoms with Crippen LogP contribution in [0.1, 0.15) is 50.2 Å². The Morgan fingerprint density at radius 3 is 2.77 bits per heavy atom. The Labute approximate surface area is 187 Å². The van der Waals surface area contributed by atoms with Crippen LogP contribution in [0, 0.1) is 0 Å². The first-order valence-corrected chi connectivity index (χ1v) is 11.9. The van der Waals surface area contributed by atoms with Crippen molar-refractivity contribution in [3.63, 3.8) is 0 Å². The van der Waals surface area contributed by atoms with Crippen molar-refractivity contribution < 1.29 is 9.53 Å². The minimum atomic E-state index is 0.315. The van der Waals surface area contributed by atoms with Crippen LogP contribution in [0.4, 0.5) is 0 Å². The van der Waals surface area contributed by atoms with E-state index in [1.165, 1.54) is 17.5 Å². The second-order valence-electron chi connectivity index (χ2n) is 8.38.